The number of aliphatic hydroxyl groups is 1. The minimum Gasteiger partial charge on any atom is -0.508 e. The Balaban J connectivity index is 0.000000228. The lowest BCUT2D eigenvalue weighted by Gasteiger charge is -2.19. The van der Waals surface area contributed by atoms with Crippen molar-refractivity contribution in [2.75, 3.05) is 6.61 Å². The van der Waals surface area contributed by atoms with Crippen molar-refractivity contribution in [3.05, 3.63) is 125 Å². The first-order valence-electron chi connectivity index (χ1n) is 24.3. The third-order valence-corrected chi connectivity index (χ3v) is 10.3. The van der Waals surface area contributed by atoms with Crippen molar-refractivity contribution in [1.29, 1.82) is 0 Å². The third kappa shape index (κ3) is 22.9. The van der Waals surface area contributed by atoms with Crippen LogP contribution in [0.3, 0.4) is 0 Å². The summed E-state index contributed by atoms with van der Waals surface area (Å²) in [4.78, 5) is 46.8. The molecule has 388 valence electrons. The van der Waals surface area contributed by atoms with E-state index in [4.69, 9.17) is 33.5 Å². The number of aliphatic hydroxyl groups excluding tert-OH is 1. The van der Waals surface area contributed by atoms with Gasteiger partial charge in [-0.2, -0.15) is 0 Å². The summed E-state index contributed by atoms with van der Waals surface area (Å²) in [5, 5.41) is 25.4. The fourth-order valence-electron chi connectivity index (χ4n) is 6.97. The minimum atomic E-state index is -0.726. The normalized spacial score (nSPS) is 19.6. The molecule has 0 aliphatic heterocycles. The van der Waals surface area contributed by atoms with Crippen LogP contribution in [0.15, 0.2) is 103 Å². The number of phenolic OH excluding ortho intramolecular Hbond substituents is 1. The highest BCUT2D eigenvalue weighted by molar-refractivity contribution is 5.70. The summed E-state index contributed by atoms with van der Waals surface area (Å²) in [7, 11) is 0. The first kappa shape index (κ1) is 57.1. The molecule has 4 aromatic rings. The summed E-state index contributed by atoms with van der Waals surface area (Å²) >= 11 is 0. The van der Waals surface area contributed by atoms with Crippen LogP contribution in [0.2, 0.25) is 0 Å². The molecule has 0 radical (unpaired) electrons. The van der Waals surface area contributed by atoms with Crippen LogP contribution in [0, 0.1) is 0 Å². The van der Waals surface area contributed by atoms with E-state index >= 15 is 0 Å². The van der Waals surface area contributed by atoms with E-state index in [1.54, 1.807) is 52.0 Å². The molecule has 71 heavy (non-hydrogen) atoms. The van der Waals surface area contributed by atoms with Crippen molar-refractivity contribution in [2.45, 2.75) is 174 Å². The van der Waals surface area contributed by atoms with Crippen LogP contribution < -0.4 is 25.4 Å². The number of carbonyl (C=O) groups excluding carboxylic acids is 4. The van der Waals surface area contributed by atoms with Gasteiger partial charge in [0, 0.05) is 42.5 Å². The fourth-order valence-corrected chi connectivity index (χ4v) is 6.97. The third-order valence-electron chi connectivity index (χ3n) is 10.3. The van der Waals surface area contributed by atoms with Gasteiger partial charge in [0.05, 0.1) is 0 Å². The molecule has 3 amide bonds. The lowest BCUT2D eigenvalue weighted by Crippen LogP contribution is -2.34. The van der Waals surface area contributed by atoms with Crippen LogP contribution in [-0.4, -0.2) is 81.8 Å². The molecule has 0 spiro atoms. The Morgan fingerprint density at radius 3 is 1.15 bits per heavy atom. The van der Waals surface area contributed by atoms with Gasteiger partial charge in [-0.1, -0.05) is 66.7 Å². The van der Waals surface area contributed by atoms with Crippen molar-refractivity contribution in [3.8, 4) is 17.2 Å². The molecule has 6 atom stereocenters. The standard InChI is InChI=1S/C21H25NO3.C19H27NO5.C14H19NO3.C2H6O/c1-21(2,3)25-20(23)22-19-13-18(19)16-9-11-17(12-10-16)24-14-15-7-5-4-6-8-15;1-18(2,3)24-16(21)20-15-11-14(15)12-7-9-13(10-8-12)23-17(22)25-19(4,5)6;1-14(2,3)18-13(17)15-12-8-11(12)9-4-6-10(16)7-5-9;1-2-3/h4-12,18-19H,13-14H2,1-3H3,(H,22,23);7-10,14-15H,11H2,1-6H3,(H,20,21);4-7,11-12,16H,8H2,1-3H3,(H,15,17);3H,2H2,1H3/t18-,19+;14-,15+;11-,12+;/m000./s1. The summed E-state index contributed by atoms with van der Waals surface area (Å²) in [5.74, 6) is 2.48. The predicted octanol–water partition coefficient (Wildman–Crippen LogP) is 11.8. The van der Waals surface area contributed by atoms with Crippen molar-refractivity contribution < 1.29 is 57.8 Å². The maximum atomic E-state index is 11.8. The van der Waals surface area contributed by atoms with Gasteiger partial charge in [-0.3, -0.25) is 0 Å². The zero-order chi connectivity index (χ0) is 52.7. The maximum Gasteiger partial charge on any atom is 0.514 e. The number of hydrogen-bond acceptors (Lipinski definition) is 12. The summed E-state index contributed by atoms with van der Waals surface area (Å²) < 4.78 is 31.8. The van der Waals surface area contributed by atoms with Crippen LogP contribution in [0.5, 0.6) is 17.2 Å². The highest BCUT2D eigenvalue weighted by Crippen LogP contribution is 2.43. The van der Waals surface area contributed by atoms with Gasteiger partial charge in [-0.05, 0) is 168 Å². The first-order valence-corrected chi connectivity index (χ1v) is 24.3. The number of ether oxygens (including phenoxy) is 6. The summed E-state index contributed by atoms with van der Waals surface area (Å²) in [6.45, 7) is 24.5. The topological polar surface area (TPSA) is 200 Å². The average Bonchev–Trinajstić information content (AvgIpc) is 4.17. The number of alkyl carbamates (subject to hydrolysis) is 3. The van der Waals surface area contributed by atoms with Gasteiger partial charge in [0.2, 0.25) is 0 Å². The minimum absolute atomic E-state index is 0.0764. The lowest BCUT2D eigenvalue weighted by atomic mass is 10.1. The Kier molecular flexibility index (Phi) is 20.2. The number of phenols is 1. The monoisotopic (exact) mass is 984 g/mol. The second-order valence-corrected chi connectivity index (χ2v) is 21.7. The van der Waals surface area contributed by atoms with Gasteiger partial charge in [0.15, 0.2) is 0 Å². The van der Waals surface area contributed by atoms with Gasteiger partial charge in [0.1, 0.15) is 46.3 Å². The van der Waals surface area contributed by atoms with Gasteiger partial charge < -0.3 is 54.6 Å². The second kappa shape index (κ2) is 25.1. The van der Waals surface area contributed by atoms with E-state index in [0.717, 1.165) is 41.7 Å². The molecule has 15 nitrogen and oxygen atoms in total. The predicted molar refractivity (Wildman–Crippen MR) is 273 cm³/mol. The van der Waals surface area contributed by atoms with Gasteiger partial charge in [0.25, 0.3) is 0 Å². The van der Waals surface area contributed by atoms with E-state index in [0.29, 0.717) is 24.2 Å². The van der Waals surface area contributed by atoms with Crippen LogP contribution in [0.25, 0.3) is 0 Å². The van der Waals surface area contributed by atoms with Crippen LogP contribution in [-0.2, 0) is 25.6 Å². The largest absolute Gasteiger partial charge is 0.514 e. The molecule has 3 aliphatic rings. The molecule has 3 fully saturated rings. The number of rotatable bonds is 10. The van der Waals surface area contributed by atoms with Gasteiger partial charge in [-0.25, -0.2) is 19.2 Å². The zero-order valence-corrected chi connectivity index (χ0v) is 43.8. The number of nitrogens with one attached hydrogen (secondary N) is 3. The maximum absolute atomic E-state index is 11.8. The molecule has 4 aromatic carbocycles. The Morgan fingerprint density at radius 2 is 0.817 bits per heavy atom. The molecule has 0 heterocycles. The summed E-state index contributed by atoms with van der Waals surface area (Å²) in [6.07, 6.45) is 0.900. The summed E-state index contributed by atoms with van der Waals surface area (Å²) in [5.41, 5.74) is 2.55. The SMILES string of the molecule is CC(C)(C)OC(=O)N[C@@H]1C[C@H]1c1ccc(O)cc1.CC(C)(C)OC(=O)N[C@@H]1C[C@H]1c1ccc(OC(=O)OC(C)(C)C)cc1.CC(C)(C)OC(=O)N[C@@H]1C[C@H]1c1ccc(OCc2ccccc2)cc1.CCO. The van der Waals surface area contributed by atoms with E-state index in [1.807, 2.05) is 129 Å². The molecular formula is C56H77N3O12. The Bertz CT molecular complexity index is 2290. The molecule has 0 aromatic heterocycles. The number of aromatic hydroxyl groups is 1. The van der Waals surface area contributed by atoms with E-state index in [1.165, 1.54) is 5.56 Å². The molecule has 0 bridgehead atoms. The van der Waals surface area contributed by atoms with E-state index in [9.17, 15) is 24.3 Å². The summed E-state index contributed by atoms with van der Waals surface area (Å²) in [6, 6.07) is 32.9. The number of amides is 3. The van der Waals surface area contributed by atoms with Crippen molar-refractivity contribution in [2.24, 2.45) is 0 Å². The number of hydrogen-bond donors (Lipinski definition) is 5. The highest BCUT2D eigenvalue weighted by Gasteiger charge is 2.42. The van der Waals surface area contributed by atoms with Crippen LogP contribution in [0.1, 0.15) is 149 Å². The van der Waals surface area contributed by atoms with E-state index in [-0.39, 0.29) is 48.6 Å². The first-order chi connectivity index (χ1) is 33.1. The fraction of sp³-hybridized carbons (Fsp3) is 0.500. The van der Waals surface area contributed by atoms with Crippen molar-refractivity contribution in [3.63, 3.8) is 0 Å². The van der Waals surface area contributed by atoms with Crippen LogP contribution >= 0.6 is 0 Å². The second-order valence-electron chi connectivity index (χ2n) is 21.7. The Labute approximate surface area is 420 Å². The quantitative estimate of drug-likeness (QED) is 0.0573. The average molecular weight is 984 g/mol. The molecule has 15 heteroatoms. The van der Waals surface area contributed by atoms with Gasteiger partial charge >= 0.3 is 24.4 Å². The Morgan fingerprint density at radius 1 is 0.493 bits per heavy atom. The molecule has 3 aliphatic carbocycles. The zero-order valence-electron chi connectivity index (χ0n) is 43.8. The smallest absolute Gasteiger partial charge is 0.508 e. The van der Waals surface area contributed by atoms with E-state index in [2.05, 4.69) is 28.1 Å². The number of benzene rings is 4. The lowest BCUT2D eigenvalue weighted by molar-refractivity contribution is 0.0204. The molecule has 3 saturated carbocycles. The van der Waals surface area contributed by atoms with Gasteiger partial charge in [-0.15, -0.1) is 0 Å². The van der Waals surface area contributed by atoms with Crippen molar-refractivity contribution in [1.82, 2.24) is 16.0 Å². The molecule has 5 N–H and O–H groups in total. The highest BCUT2D eigenvalue weighted by atomic mass is 16.7. The van der Waals surface area contributed by atoms with E-state index < -0.39 is 34.7 Å². The van der Waals surface area contributed by atoms with Crippen LogP contribution in [0.4, 0.5) is 19.2 Å². The molecule has 0 saturated heterocycles. The number of carbonyl (C=O) groups is 4. The molecular weight excluding hydrogens is 907 g/mol. The molecule has 7 rings (SSSR count). The van der Waals surface area contributed by atoms with Crippen molar-refractivity contribution >= 4 is 24.4 Å². The molecule has 0 unspecified atom stereocenters. The Hall–Kier alpha value is -6.48.